The van der Waals surface area contributed by atoms with Crippen molar-refractivity contribution >= 4 is 46.7 Å². The molecule has 3 aromatic rings. The summed E-state index contributed by atoms with van der Waals surface area (Å²) in [4.78, 5) is 45.3. The summed E-state index contributed by atoms with van der Waals surface area (Å²) in [6.45, 7) is 9.49. The van der Waals surface area contributed by atoms with Gasteiger partial charge in [-0.1, -0.05) is 13.8 Å². The van der Waals surface area contributed by atoms with Gasteiger partial charge in [-0.3, -0.25) is 14.9 Å². The lowest BCUT2D eigenvalue weighted by atomic mass is 10.1. The molecule has 39 heavy (non-hydrogen) atoms. The van der Waals surface area contributed by atoms with Gasteiger partial charge in [0.1, 0.15) is 11.5 Å². The van der Waals surface area contributed by atoms with Crippen molar-refractivity contribution in [3.63, 3.8) is 0 Å². The predicted octanol–water partition coefficient (Wildman–Crippen LogP) is 3.45. The molecule has 12 heteroatoms. The first-order valence-corrected chi connectivity index (χ1v) is 14.3. The maximum Gasteiger partial charge on any atom is 0.326 e. The molecule has 1 saturated carbocycles. The molecule has 1 atom stereocenters. The van der Waals surface area contributed by atoms with Crippen LogP contribution in [0.4, 0.5) is 10.6 Å². The number of aromatic nitrogens is 3. The molecule has 1 saturated heterocycles. The largest absolute Gasteiger partial charge is 0.367 e. The third-order valence-corrected chi connectivity index (χ3v) is 8.02. The summed E-state index contributed by atoms with van der Waals surface area (Å²) >= 11 is 1.39. The first-order valence-electron chi connectivity index (χ1n) is 13.5. The number of rotatable bonds is 12. The van der Waals surface area contributed by atoms with Crippen molar-refractivity contribution < 1.29 is 14.4 Å². The van der Waals surface area contributed by atoms with Crippen LogP contribution in [-0.4, -0.2) is 69.1 Å². The number of hydrogen-bond donors (Lipinski definition) is 4. The number of nitrogens with one attached hydrogen (secondary N) is 4. The molecule has 0 aromatic carbocycles. The molecule has 2 fully saturated rings. The van der Waals surface area contributed by atoms with Gasteiger partial charge in [0.2, 0.25) is 0 Å². The maximum atomic E-state index is 13.0. The number of thiophene rings is 1. The Kier molecular flexibility index (Phi) is 7.94. The van der Waals surface area contributed by atoms with E-state index in [0.29, 0.717) is 27.8 Å². The van der Waals surface area contributed by atoms with Crippen molar-refractivity contribution in [2.45, 2.75) is 58.5 Å². The summed E-state index contributed by atoms with van der Waals surface area (Å²) in [5, 5.41) is 15.8. The molecule has 4 heterocycles. The van der Waals surface area contributed by atoms with Crippen molar-refractivity contribution in [2.24, 2.45) is 0 Å². The summed E-state index contributed by atoms with van der Waals surface area (Å²) in [7, 11) is 0. The number of nitrogens with zero attached hydrogens (tertiary/aromatic N) is 4. The molecule has 5 rings (SSSR count). The average molecular weight is 551 g/mol. The minimum atomic E-state index is -0.560. The topological polar surface area (TPSA) is 133 Å². The Morgan fingerprint density at radius 2 is 2.05 bits per heavy atom. The number of carbonyl (C=O) groups excluding carboxylic acids is 3. The number of imide groups is 1. The average Bonchev–Trinajstić information content (AvgIpc) is 3.29. The van der Waals surface area contributed by atoms with Gasteiger partial charge in [0.25, 0.3) is 11.8 Å². The van der Waals surface area contributed by atoms with E-state index in [1.165, 1.54) is 11.3 Å². The van der Waals surface area contributed by atoms with Gasteiger partial charge in [-0.2, -0.15) is 9.61 Å². The highest BCUT2D eigenvalue weighted by Crippen LogP contribution is 2.32. The quantitative estimate of drug-likeness (QED) is 0.201. The monoisotopic (exact) mass is 550 g/mol. The fourth-order valence-corrected chi connectivity index (χ4v) is 5.38. The van der Waals surface area contributed by atoms with E-state index in [4.69, 9.17) is 4.98 Å². The standard InChI is InChI=1S/C27H34N8O3S/c1-4-34(5-2)12-6-7-16(3)29-26(37)22-11-10-21(39-22)19-14-23(30-18-8-9-18)35-24(31-19)17(15-28-35)13-20-25(36)33-27(38)32-20/h10-11,13-16,18,30H,4-9,12H2,1-3H3,(H,29,37)(H2,32,33,36,38)/b20-13-. The normalized spacial score (nSPS) is 17.1. The molecule has 11 nitrogen and oxygen atoms in total. The van der Waals surface area contributed by atoms with Crippen LogP contribution in [0.15, 0.2) is 30.1 Å². The zero-order valence-corrected chi connectivity index (χ0v) is 23.2. The van der Waals surface area contributed by atoms with Crippen molar-refractivity contribution in [1.82, 2.24) is 35.4 Å². The highest BCUT2D eigenvalue weighted by atomic mass is 32.1. The predicted molar refractivity (Wildman–Crippen MR) is 152 cm³/mol. The number of urea groups is 1. The van der Waals surface area contributed by atoms with Crippen molar-refractivity contribution in [2.75, 3.05) is 25.0 Å². The van der Waals surface area contributed by atoms with E-state index in [-0.39, 0.29) is 17.6 Å². The Morgan fingerprint density at radius 1 is 1.26 bits per heavy atom. The zero-order chi connectivity index (χ0) is 27.5. The van der Waals surface area contributed by atoms with Crippen LogP contribution < -0.4 is 21.3 Å². The Hall–Kier alpha value is -3.77. The van der Waals surface area contributed by atoms with Gasteiger partial charge >= 0.3 is 6.03 Å². The molecule has 4 N–H and O–H groups in total. The second-order valence-corrected chi connectivity index (χ2v) is 11.0. The van der Waals surface area contributed by atoms with E-state index in [9.17, 15) is 14.4 Å². The number of hydrogen-bond acceptors (Lipinski definition) is 8. The van der Waals surface area contributed by atoms with Crippen LogP contribution in [0, 0.1) is 0 Å². The minimum Gasteiger partial charge on any atom is -0.367 e. The lowest BCUT2D eigenvalue weighted by Gasteiger charge is -2.19. The molecular formula is C27H34N8O3S. The van der Waals surface area contributed by atoms with E-state index in [0.717, 1.165) is 56.0 Å². The van der Waals surface area contributed by atoms with Crippen LogP contribution in [0.1, 0.15) is 61.7 Å². The highest BCUT2D eigenvalue weighted by Gasteiger charge is 2.26. The fraction of sp³-hybridized carbons (Fsp3) is 0.444. The SMILES string of the molecule is CCN(CC)CCCC(C)NC(=O)c1ccc(-c2cc(NC3CC3)n3ncc(/C=C4\NC(=O)NC4=O)c3n2)s1. The second kappa shape index (κ2) is 11.5. The fourth-order valence-electron chi connectivity index (χ4n) is 4.51. The molecule has 3 aromatic heterocycles. The van der Waals surface area contributed by atoms with Crippen LogP contribution in [0.25, 0.3) is 22.3 Å². The molecule has 0 radical (unpaired) electrons. The molecule has 0 bridgehead atoms. The molecule has 0 spiro atoms. The Balaban J connectivity index is 1.35. The number of amides is 4. The number of anilines is 1. The van der Waals surface area contributed by atoms with Crippen LogP contribution in [0.2, 0.25) is 0 Å². The van der Waals surface area contributed by atoms with Gasteiger partial charge < -0.3 is 20.9 Å². The van der Waals surface area contributed by atoms with E-state index in [2.05, 4.69) is 45.1 Å². The Morgan fingerprint density at radius 3 is 2.74 bits per heavy atom. The second-order valence-electron chi connectivity index (χ2n) is 9.95. The minimum absolute atomic E-state index is 0.0816. The van der Waals surface area contributed by atoms with Gasteiger partial charge in [-0.25, -0.2) is 9.78 Å². The van der Waals surface area contributed by atoms with Crippen LogP contribution >= 0.6 is 11.3 Å². The van der Waals surface area contributed by atoms with Gasteiger partial charge in [-0.15, -0.1) is 11.3 Å². The van der Waals surface area contributed by atoms with Gasteiger partial charge in [0, 0.05) is 23.7 Å². The Labute approximate surface area is 231 Å². The molecule has 1 aliphatic heterocycles. The van der Waals surface area contributed by atoms with Crippen LogP contribution in [-0.2, 0) is 4.79 Å². The van der Waals surface area contributed by atoms with Crippen molar-refractivity contribution in [3.05, 3.63) is 40.5 Å². The summed E-state index contributed by atoms with van der Waals surface area (Å²) in [5.41, 5.74) is 1.97. The van der Waals surface area contributed by atoms with Crippen LogP contribution in [0.5, 0.6) is 0 Å². The number of carbonyl (C=O) groups is 3. The maximum absolute atomic E-state index is 13.0. The first-order chi connectivity index (χ1) is 18.8. The highest BCUT2D eigenvalue weighted by molar-refractivity contribution is 7.17. The number of fused-ring (bicyclic) bond motifs is 1. The van der Waals surface area contributed by atoms with Crippen molar-refractivity contribution in [3.8, 4) is 10.6 Å². The molecule has 1 aliphatic carbocycles. The van der Waals surface area contributed by atoms with Crippen LogP contribution in [0.3, 0.4) is 0 Å². The Bertz CT molecular complexity index is 1420. The van der Waals surface area contributed by atoms with Gasteiger partial charge in [-0.05, 0) is 70.5 Å². The van der Waals surface area contributed by atoms with E-state index >= 15 is 0 Å². The molecule has 1 unspecified atom stereocenters. The summed E-state index contributed by atoms with van der Waals surface area (Å²) in [6, 6.07) is 5.57. The smallest absolute Gasteiger partial charge is 0.326 e. The van der Waals surface area contributed by atoms with E-state index in [1.54, 1.807) is 16.8 Å². The van der Waals surface area contributed by atoms with Gasteiger partial charge in [0.15, 0.2) is 5.65 Å². The first kappa shape index (κ1) is 26.8. The summed E-state index contributed by atoms with van der Waals surface area (Å²) in [5.74, 6) is 0.197. The molecule has 2 aliphatic rings. The molecule has 206 valence electrons. The van der Waals surface area contributed by atoms with E-state index < -0.39 is 11.9 Å². The van der Waals surface area contributed by atoms with Gasteiger partial charge in [0.05, 0.1) is 21.6 Å². The lowest BCUT2D eigenvalue weighted by Crippen LogP contribution is -2.33. The molecular weight excluding hydrogens is 516 g/mol. The molecule has 4 amide bonds. The van der Waals surface area contributed by atoms with E-state index in [1.807, 2.05) is 25.1 Å². The lowest BCUT2D eigenvalue weighted by molar-refractivity contribution is -0.115. The third-order valence-electron chi connectivity index (χ3n) is 6.91. The zero-order valence-electron chi connectivity index (χ0n) is 22.4. The third kappa shape index (κ3) is 6.28. The summed E-state index contributed by atoms with van der Waals surface area (Å²) in [6.07, 6.45) is 7.31. The van der Waals surface area contributed by atoms with Crippen molar-refractivity contribution in [1.29, 1.82) is 0 Å². The summed E-state index contributed by atoms with van der Waals surface area (Å²) < 4.78 is 1.70.